The zero-order valence-electron chi connectivity index (χ0n) is 14.5. The zero-order valence-corrected chi connectivity index (χ0v) is 14.5. The molecule has 0 aromatic heterocycles. The second kappa shape index (κ2) is 7.47. The minimum absolute atomic E-state index is 0.0337. The summed E-state index contributed by atoms with van der Waals surface area (Å²) >= 11 is 0. The van der Waals surface area contributed by atoms with Crippen LogP contribution in [0.5, 0.6) is 5.75 Å². The van der Waals surface area contributed by atoms with Gasteiger partial charge in [-0.25, -0.2) is 4.79 Å². The number of amides is 1. The van der Waals surface area contributed by atoms with E-state index in [1.165, 1.54) is 4.90 Å². The Balaban J connectivity index is 2.44. The molecule has 24 heavy (non-hydrogen) atoms. The lowest BCUT2D eigenvalue weighted by Crippen LogP contribution is -2.50. The molecule has 1 atom stereocenters. The maximum Gasteiger partial charge on any atom is 0.329 e. The van der Waals surface area contributed by atoms with E-state index < -0.39 is 12.0 Å². The number of hydrogen-bond donors (Lipinski definition) is 0. The second-order valence-corrected chi connectivity index (χ2v) is 5.92. The predicted octanol–water partition coefficient (Wildman–Crippen LogP) is 2.73. The van der Waals surface area contributed by atoms with Crippen LogP contribution in [0.1, 0.15) is 50.9 Å². The van der Waals surface area contributed by atoms with E-state index >= 15 is 0 Å². The Morgan fingerprint density at radius 3 is 2.58 bits per heavy atom. The highest BCUT2D eigenvalue weighted by molar-refractivity contribution is 6.05. The Bertz CT molecular complexity index is 653. The Morgan fingerprint density at radius 2 is 2.00 bits per heavy atom. The van der Waals surface area contributed by atoms with E-state index in [0.717, 1.165) is 0 Å². The van der Waals surface area contributed by atoms with Crippen LogP contribution in [0.4, 0.5) is 5.69 Å². The van der Waals surface area contributed by atoms with Gasteiger partial charge in [-0.1, -0.05) is 13.8 Å². The summed E-state index contributed by atoms with van der Waals surface area (Å²) in [6.45, 7) is 6.97. The van der Waals surface area contributed by atoms with Crippen LogP contribution in [0.25, 0.3) is 0 Å². The molecule has 0 aliphatic carbocycles. The van der Waals surface area contributed by atoms with Crippen molar-refractivity contribution in [3.63, 3.8) is 0 Å². The third-order valence-electron chi connectivity index (χ3n) is 3.80. The lowest BCUT2D eigenvalue weighted by molar-refractivity contribution is -0.150. The summed E-state index contributed by atoms with van der Waals surface area (Å²) in [5.41, 5.74) is 0.935. The average Bonchev–Trinajstić information content (AvgIpc) is 2.55. The van der Waals surface area contributed by atoms with Crippen molar-refractivity contribution in [3.8, 4) is 5.75 Å². The topological polar surface area (TPSA) is 72.9 Å². The van der Waals surface area contributed by atoms with Crippen molar-refractivity contribution in [2.75, 3.05) is 11.5 Å². The number of ketones is 1. The van der Waals surface area contributed by atoms with E-state index in [1.54, 1.807) is 39.0 Å². The first-order chi connectivity index (χ1) is 11.4. The number of benzene rings is 1. The molecule has 1 aliphatic heterocycles. The van der Waals surface area contributed by atoms with Crippen molar-refractivity contribution in [2.24, 2.45) is 0 Å². The second-order valence-electron chi connectivity index (χ2n) is 5.92. The number of hydrogen-bond acceptors (Lipinski definition) is 5. The van der Waals surface area contributed by atoms with Gasteiger partial charge in [-0.2, -0.15) is 0 Å². The van der Waals surface area contributed by atoms with Gasteiger partial charge in [0.05, 0.1) is 11.8 Å². The SMILES string of the molecule is CCC(=O)c1ccc2c(c1)N(C(CC)C(=O)OC(C)C)C(=O)CO2. The molecule has 0 N–H and O–H groups in total. The van der Waals surface area contributed by atoms with Crippen LogP contribution in [0.2, 0.25) is 0 Å². The fourth-order valence-corrected chi connectivity index (χ4v) is 2.66. The van der Waals surface area contributed by atoms with Gasteiger partial charge < -0.3 is 9.47 Å². The van der Waals surface area contributed by atoms with Gasteiger partial charge in [0.2, 0.25) is 0 Å². The van der Waals surface area contributed by atoms with Crippen LogP contribution >= 0.6 is 0 Å². The molecule has 6 nitrogen and oxygen atoms in total. The number of nitrogens with zero attached hydrogens (tertiary/aromatic N) is 1. The molecule has 1 amide bonds. The monoisotopic (exact) mass is 333 g/mol. The van der Waals surface area contributed by atoms with E-state index in [4.69, 9.17) is 9.47 Å². The van der Waals surface area contributed by atoms with E-state index in [2.05, 4.69) is 0 Å². The lowest BCUT2D eigenvalue weighted by Gasteiger charge is -2.34. The van der Waals surface area contributed by atoms with Crippen molar-refractivity contribution in [1.82, 2.24) is 0 Å². The van der Waals surface area contributed by atoms with E-state index in [9.17, 15) is 14.4 Å². The van der Waals surface area contributed by atoms with Crippen molar-refractivity contribution in [1.29, 1.82) is 0 Å². The van der Waals surface area contributed by atoms with Gasteiger partial charge in [0.1, 0.15) is 11.8 Å². The summed E-state index contributed by atoms with van der Waals surface area (Å²) in [7, 11) is 0. The molecule has 130 valence electrons. The van der Waals surface area contributed by atoms with Gasteiger partial charge >= 0.3 is 5.97 Å². The summed E-state index contributed by atoms with van der Waals surface area (Å²) in [6.07, 6.45) is 0.498. The quantitative estimate of drug-likeness (QED) is 0.591. The summed E-state index contributed by atoms with van der Waals surface area (Å²) < 4.78 is 10.7. The van der Waals surface area contributed by atoms with Crippen LogP contribution in [0.15, 0.2) is 18.2 Å². The molecule has 1 unspecified atom stereocenters. The first-order valence-electron chi connectivity index (χ1n) is 8.21. The minimum atomic E-state index is -0.741. The van der Waals surface area contributed by atoms with Crippen molar-refractivity contribution >= 4 is 23.3 Å². The third-order valence-corrected chi connectivity index (χ3v) is 3.80. The molecule has 0 saturated carbocycles. The smallest absolute Gasteiger partial charge is 0.329 e. The van der Waals surface area contributed by atoms with E-state index in [1.807, 2.05) is 6.92 Å². The van der Waals surface area contributed by atoms with E-state index in [0.29, 0.717) is 29.8 Å². The number of esters is 1. The number of carbonyl (C=O) groups is 3. The summed E-state index contributed by atoms with van der Waals surface area (Å²) in [4.78, 5) is 38.2. The third kappa shape index (κ3) is 3.58. The van der Waals surface area contributed by atoms with Crippen LogP contribution in [-0.4, -0.2) is 36.4 Å². The fourth-order valence-electron chi connectivity index (χ4n) is 2.66. The molecule has 0 fully saturated rings. The zero-order chi connectivity index (χ0) is 17.9. The minimum Gasteiger partial charge on any atom is -0.482 e. The maximum atomic E-state index is 12.4. The Morgan fingerprint density at radius 1 is 1.29 bits per heavy atom. The Hall–Kier alpha value is -2.37. The first kappa shape index (κ1) is 18.0. The van der Waals surface area contributed by atoms with Crippen LogP contribution in [0.3, 0.4) is 0 Å². The molecule has 0 bridgehead atoms. The lowest BCUT2D eigenvalue weighted by atomic mass is 10.0. The molecule has 1 aromatic rings. The number of Topliss-reactive ketones (excluding diaryl/α,β-unsaturated/α-hetero) is 1. The first-order valence-corrected chi connectivity index (χ1v) is 8.21. The molecule has 1 heterocycles. The maximum absolute atomic E-state index is 12.4. The number of ether oxygens (including phenoxy) is 2. The summed E-state index contributed by atoms with van der Waals surface area (Å²) in [6, 6.07) is 4.21. The molecule has 6 heteroatoms. The van der Waals surface area contributed by atoms with Crippen LogP contribution in [0, 0.1) is 0 Å². The number of carbonyl (C=O) groups excluding carboxylic acids is 3. The predicted molar refractivity (Wildman–Crippen MR) is 89.4 cm³/mol. The fraction of sp³-hybridized carbons (Fsp3) is 0.500. The highest BCUT2D eigenvalue weighted by Crippen LogP contribution is 2.35. The Labute approximate surface area is 141 Å². The number of anilines is 1. The molecular weight excluding hydrogens is 310 g/mol. The standard InChI is InChI=1S/C18H23NO5/c1-5-13(18(22)24-11(3)4)19-14-9-12(15(20)6-2)7-8-16(14)23-10-17(19)21/h7-9,11,13H,5-6,10H2,1-4H3. The van der Waals surface area contributed by atoms with Gasteiger partial charge in [-0.05, 0) is 38.5 Å². The van der Waals surface area contributed by atoms with Crippen molar-refractivity contribution in [2.45, 2.75) is 52.7 Å². The molecule has 0 spiro atoms. The molecule has 2 rings (SSSR count). The molecule has 1 aromatic carbocycles. The van der Waals surface area contributed by atoms with Crippen molar-refractivity contribution < 1.29 is 23.9 Å². The van der Waals surface area contributed by atoms with E-state index in [-0.39, 0.29) is 24.4 Å². The molecule has 1 aliphatic rings. The largest absolute Gasteiger partial charge is 0.482 e. The summed E-state index contributed by atoms with van der Waals surface area (Å²) in [5, 5.41) is 0. The van der Waals surface area contributed by atoms with Crippen molar-refractivity contribution in [3.05, 3.63) is 23.8 Å². The van der Waals surface area contributed by atoms with Gasteiger partial charge in [0, 0.05) is 12.0 Å². The highest BCUT2D eigenvalue weighted by Gasteiger charge is 2.36. The molecule has 0 radical (unpaired) electrons. The normalized spacial score (nSPS) is 14.9. The number of rotatable bonds is 6. The average molecular weight is 333 g/mol. The Kier molecular flexibility index (Phi) is 5.59. The number of fused-ring (bicyclic) bond motifs is 1. The van der Waals surface area contributed by atoms with Gasteiger partial charge in [0.25, 0.3) is 5.91 Å². The van der Waals surface area contributed by atoms with Gasteiger partial charge in [-0.15, -0.1) is 0 Å². The highest BCUT2D eigenvalue weighted by atomic mass is 16.5. The van der Waals surface area contributed by atoms with Crippen LogP contribution in [-0.2, 0) is 14.3 Å². The van der Waals surface area contributed by atoms with Gasteiger partial charge in [-0.3, -0.25) is 14.5 Å². The molecule has 0 saturated heterocycles. The van der Waals surface area contributed by atoms with Gasteiger partial charge in [0.15, 0.2) is 12.4 Å². The molecular formula is C18H23NO5. The van der Waals surface area contributed by atoms with Crippen LogP contribution < -0.4 is 9.64 Å². The summed E-state index contributed by atoms with van der Waals surface area (Å²) in [5.74, 6) is -0.330.